The zero-order valence-electron chi connectivity index (χ0n) is 7.54. The molecule has 0 aliphatic rings. The van der Waals surface area contributed by atoms with E-state index < -0.39 is 0 Å². The van der Waals surface area contributed by atoms with Crippen LogP contribution in [0.15, 0.2) is 28.5 Å². The second kappa shape index (κ2) is 15.9. The predicted octanol–water partition coefficient (Wildman–Crippen LogP) is 2.82. The fraction of sp³-hybridized carbons (Fsp3) is 0.444. The predicted molar refractivity (Wildman–Crippen MR) is 52.3 cm³/mol. The van der Waals surface area contributed by atoms with E-state index in [1.54, 1.807) is 6.21 Å². The molecule has 0 aliphatic carbocycles. The lowest BCUT2D eigenvalue weighted by molar-refractivity contribution is 1.09. The molecule has 0 aromatic rings. The number of rotatable bonds is 2. The summed E-state index contributed by atoms with van der Waals surface area (Å²) < 4.78 is 0. The number of hydrogen-bond donors (Lipinski definition) is 0. The molecule has 2 nitrogen and oxygen atoms in total. The van der Waals surface area contributed by atoms with E-state index in [2.05, 4.69) is 36.1 Å². The number of nitrogens with zero attached hydrogens (tertiary/aromatic N) is 2. The Bertz CT molecular complexity index is 151. The highest BCUT2D eigenvalue weighted by Gasteiger charge is 1.53. The minimum Gasteiger partial charge on any atom is -0.250 e. The van der Waals surface area contributed by atoms with Crippen LogP contribution in [0.2, 0.25) is 0 Å². The molecule has 0 spiro atoms. The zero-order chi connectivity index (χ0) is 8.95. The third-order valence-electron chi connectivity index (χ3n) is 0.448. The minimum atomic E-state index is 1.25. The molecule has 0 radical (unpaired) electrons. The topological polar surface area (TPSA) is 24.7 Å². The zero-order valence-corrected chi connectivity index (χ0v) is 7.54. The molecule has 0 saturated heterocycles. The van der Waals surface area contributed by atoms with Crippen LogP contribution in [0, 0.1) is 0 Å². The normalized spacial score (nSPS) is 9.00. The summed E-state index contributed by atoms with van der Waals surface area (Å²) in [5.74, 6) is 0. The van der Waals surface area contributed by atoms with E-state index >= 15 is 0 Å². The third-order valence-corrected chi connectivity index (χ3v) is 0.448. The highest BCUT2D eigenvalue weighted by atomic mass is 14.8. The Kier molecular flexibility index (Phi) is 18.2. The SMILES string of the molecule is C=C=CN=CN=CC.CCC. The molecule has 0 aliphatic heterocycles. The molecular weight excluding hydrogens is 136 g/mol. The smallest absolute Gasteiger partial charge is 0.115 e. The van der Waals surface area contributed by atoms with Crippen molar-refractivity contribution >= 4 is 12.6 Å². The second-order valence-electron chi connectivity index (χ2n) is 1.71. The molecule has 62 valence electrons. The molecular formula is C9H16N2. The summed E-state index contributed by atoms with van der Waals surface area (Å²) in [6.07, 6.45) is 5.78. The van der Waals surface area contributed by atoms with E-state index in [1.165, 1.54) is 19.0 Å². The first-order valence-electron chi connectivity index (χ1n) is 3.67. The minimum absolute atomic E-state index is 1.25. The molecule has 0 aromatic heterocycles. The lowest BCUT2D eigenvalue weighted by atomic mass is 10.6. The Balaban J connectivity index is 0. The standard InChI is InChI=1S/C6H8N2.C3H8/c1-3-5-8-6-7-4-2;1-3-2/h4-6H,1H2,2H3;3H2,1-2H3. The largest absolute Gasteiger partial charge is 0.250 e. The van der Waals surface area contributed by atoms with Crippen molar-refractivity contribution in [2.75, 3.05) is 0 Å². The summed E-state index contributed by atoms with van der Waals surface area (Å²) in [6.45, 7) is 9.39. The van der Waals surface area contributed by atoms with Crippen LogP contribution in [0.3, 0.4) is 0 Å². The van der Waals surface area contributed by atoms with Crippen LogP contribution in [0.25, 0.3) is 0 Å². The van der Waals surface area contributed by atoms with Gasteiger partial charge < -0.3 is 0 Å². The van der Waals surface area contributed by atoms with Gasteiger partial charge in [-0.2, -0.15) is 0 Å². The van der Waals surface area contributed by atoms with Gasteiger partial charge in [0.25, 0.3) is 0 Å². The van der Waals surface area contributed by atoms with Gasteiger partial charge in [0.2, 0.25) is 0 Å². The molecule has 0 rings (SSSR count). The van der Waals surface area contributed by atoms with Crippen molar-refractivity contribution < 1.29 is 0 Å². The van der Waals surface area contributed by atoms with Gasteiger partial charge in [-0.1, -0.05) is 26.8 Å². The van der Waals surface area contributed by atoms with Gasteiger partial charge in [0.1, 0.15) is 6.34 Å². The average Bonchev–Trinajstić information content (AvgIpc) is 2.00. The van der Waals surface area contributed by atoms with Crippen molar-refractivity contribution in [1.29, 1.82) is 0 Å². The van der Waals surface area contributed by atoms with Gasteiger partial charge in [-0.05, 0) is 6.92 Å². The molecule has 0 fully saturated rings. The monoisotopic (exact) mass is 152 g/mol. The van der Waals surface area contributed by atoms with E-state index in [0.29, 0.717) is 0 Å². The fourth-order valence-corrected chi connectivity index (χ4v) is 0.191. The highest BCUT2D eigenvalue weighted by molar-refractivity contribution is 5.70. The van der Waals surface area contributed by atoms with Gasteiger partial charge in [0, 0.05) is 6.21 Å². The van der Waals surface area contributed by atoms with Crippen molar-refractivity contribution in [3.63, 3.8) is 0 Å². The van der Waals surface area contributed by atoms with E-state index in [0.717, 1.165) is 0 Å². The van der Waals surface area contributed by atoms with Crippen molar-refractivity contribution in [3.8, 4) is 0 Å². The Morgan fingerprint density at radius 2 is 1.91 bits per heavy atom. The molecule has 2 heteroatoms. The lowest BCUT2D eigenvalue weighted by Crippen LogP contribution is -1.61. The van der Waals surface area contributed by atoms with Gasteiger partial charge in [-0.3, -0.25) is 0 Å². The number of aliphatic imine (C=N–C) groups is 2. The average molecular weight is 152 g/mol. The van der Waals surface area contributed by atoms with E-state index in [1.807, 2.05) is 6.92 Å². The van der Waals surface area contributed by atoms with Gasteiger partial charge >= 0.3 is 0 Å². The summed E-state index contributed by atoms with van der Waals surface area (Å²) in [5, 5.41) is 0. The Labute approximate surface area is 69.1 Å². The van der Waals surface area contributed by atoms with Gasteiger partial charge in [-0.25, -0.2) is 9.98 Å². The van der Waals surface area contributed by atoms with Gasteiger partial charge in [0.15, 0.2) is 0 Å². The molecule has 0 atom stereocenters. The summed E-state index contributed by atoms with van der Waals surface area (Å²) in [6, 6.07) is 0. The third kappa shape index (κ3) is 28.0. The highest BCUT2D eigenvalue weighted by Crippen LogP contribution is 1.65. The summed E-state index contributed by atoms with van der Waals surface area (Å²) in [4.78, 5) is 7.35. The van der Waals surface area contributed by atoms with Crippen LogP contribution < -0.4 is 0 Å². The summed E-state index contributed by atoms with van der Waals surface area (Å²) >= 11 is 0. The Morgan fingerprint density at radius 3 is 2.27 bits per heavy atom. The van der Waals surface area contributed by atoms with Crippen molar-refractivity contribution in [1.82, 2.24) is 0 Å². The van der Waals surface area contributed by atoms with E-state index in [9.17, 15) is 0 Å². The Morgan fingerprint density at radius 1 is 1.36 bits per heavy atom. The van der Waals surface area contributed by atoms with Crippen LogP contribution in [0.5, 0.6) is 0 Å². The summed E-state index contributed by atoms with van der Waals surface area (Å²) in [5.41, 5.74) is 2.48. The first-order chi connectivity index (χ1) is 5.33. The van der Waals surface area contributed by atoms with E-state index in [4.69, 9.17) is 0 Å². The number of hydrogen-bond acceptors (Lipinski definition) is 1. The summed E-state index contributed by atoms with van der Waals surface area (Å²) in [7, 11) is 0. The molecule has 0 amide bonds. The molecule has 11 heavy (non-hydrogen) atoms. The van der Waals surface area contributed by atoms with Gasteiger partial charge in [0.05, 0.1) is 6.20 Å². The first-order valence-corrected chi connectivity index (χ1v) is 3.67. The van der Waals surface area contributed by atoms with Gasteiger partial charge in [-0.15, -0.1) is 5.73 Å². The van der Waals surface area contributed by atoms with Crippen LogP contribution in [-0.4, -0.2) is 12.6 Å². The fourth-order valence-electron chi connectivity index (χ4n) is 0.191. The molecule has 0 aromatic carbocycles. The molecule has 0 heterocycles. The molecule has 0 saturated carbocycles. The van der Waals surface area contributed by atoms with Crippen LogP contribution in [0.1, 0.15) is 27.2 Å². The Hall–Kier alpha value is -1.14. The maximum atomic E-state index is 3.69. The molecule has 0 N–H and O–H groups in total. The lowest BCUT2D eigenvalue weighted by Gasteiger charge is -1.67. The van der Waals surface area contributed by atoms with Crippen molar-refractivity contribution in [3.05, 3.63) is 18.5 Å². The van der Waals surface area contributed by atoms with Crippen LogP contribution in [0.4, 0.5) is 0 Å². The maximum absolute atomic E-state index is 3.69. The van der Waals surface area contributed by atoms with Crippen LogP contribution >= 0.6 is 0 Å². The maximum Gasteiger partial charge on any atom is 0.115 e. The molecule has 0 unspecified atom stereocenters. The first kappa shape index (κ1) is 12.5. The van der Waals surface area contributed by atoms with Crippen molar-refractivity contribution in [2.24, 2.45) is 9.98 Å². The quantitative estimate of drug-likeness (QED) is 0.330. The van der Waals surface area contributed by atoms with Crippen molar-refractivity contribution in [2.45, 2.75) is 27.2 Å². The van der Waals surface area contributed by atoms with E-state index in [-0.39, 0.29) is 0 Å². The van der Waals surface area contributed by atoms with Crippen LogP contribution in [-0.2, 0) is 0 Å². The molecule has 0 bridgehead atoms. The second-order valence-corrected chi connectivity index (χ2v) is 1.71.